The van der Waals surface area contributed by atoms with E-state index in [9.17, 15) is 0 Å². The number of likely N-dealkylation sites (N-methyl/N-ethyl adjacent to an activating group) is 1. The second kappa shape index (κ2) is 6.86. The van der Waals surface area contributed by atoms with Gasteiger partial charge in [-0.25, -0.2) is 0 Å². The van der Waals surface area contributed by atoms with Crippen LogP contribution >= 0.6 is 15.9 Å². The summed E-state index contributed by atoms with van der Waals surface area (Å²) < 4.78 is 3.04. The normalized spacial score (nSPS) is 14.1. The molecule has 0 aromatic carbocycles. The molecule has 1 aromatic heterocycles. The highest BCUT2D eigenvalue weighted by Gasteiger charge is 2.35. The van der Waals surface area contributed by atoms with Gasteiger partial charge in [0.2, 0.25) is 0 Å². The SMILES string of the molecule is CCCn1ncc(Br)c1C(N)C(C)(C)N(CC)CC. The monoisotopic (exact) mass is 330 g/mol. The molecule has 0 fully saturated rings. The highest BCUT2D eigenvalue weighted by atomic mass is 79.9. The number of aromatic nitrogens is 2. The Kier molecular flexibility index (Phi) is 6.02. The second-order valence-corrected chi connectivity index (χ2v) is 6.26. The van der Waals surface area contributed by atoms with E-state index in [-0.39, 0.29) is 11.6 Å². The van der Waals surface area contributed by atoms with E-state index in [0.29, 0.717) is 0 Å². The van der Waals surface area contributed by atoms with Crippen LogP contribution in [0, 0.1) is 0 Å². The van der Waals surface area contributed by atoms with Gasteiger partial charge in [0.15, 0.2) is 0 Å². The fraction of sp³-hybridized carbons (Fsp3) is 0.786. The Morgan fingerprint density at radius 2 is 1.95 bits per heavy atom. The molecule has 1 rings (SSSR count). The third-order valence-electron chi connectivity index (χ3n) is 3.90. The number of hydrogen-bond acceptors (Lipinski definition) is 3. The molecule has 0 radical (unpaired) electrons. The first-order valence-corrected chi connectivity index (χ1v) is 7.91. The van der Waals surface area contributed by atoms with Gasteiger partial charge in [-0.2, -0.15) is 5.10 Å². The van der Waals surface area contributed by atoms with Crippen LogP contribution < -0.4 is 5.73 Å². The Balaban J connectivity index is 3.11. The summed E-state index contributed by atoms with van der Waals surface area (Å²) in [5, 5.41) is 4.42. The van der Waals surface area contributed by atoms with Crippen LogP contribution in [0.1, 0.15) is 52.8 Å². The molecule has 0 aliphatic heterocycles. The molecule has 0 amide bonds. The number of nitrogens with zero attached hydrogens (tertiary/aromatic N) is 3. The zero-order valence-corrected chi connectivity index (χ0v) is 14.4. The summed E-state index contributed by atoms with van der Waals surface area (Å²) in [6, 6.07) is -0.0733. The largest absolute Gasteiger partial charge is 0.321 e. The topological polar surface area (TPSA) is 47.1 Å². The molecule has 5 heteroatoms. The number of halogens is 1. The maximum Gasteiger partial charge on any atom is 0.0712 e. The molecule has 0 bridgehead atoms. The highest BCUT2D eigenvalue weighted by molar-refractivity contribution is 9.10. The maximum atomic E-state index is 6.57. The lowest BCUT2D eigenvalue weighted by atomic mass is 9.90. The van der Waals surface area contributed by atoms with Crippen molar-refractivity contribution in [3.8, 4) is 0 Å². The average molecular weight is 331 g/mol. The van der Waals surface area contributed by atoms with Gasteiger partial charge in [-0.3, -0.25) is 9.58 Å². The van der Waals surface area contributed by atoms with E-state index >= 15 is 0 Å². The molecular formula is C14H27BrN4. The van der Waals surface area contributed by atoms with Crippen LogP contribution in [0.4, 0.5) is 0 Å². The summed E-state index contributed by atoms with van der Waals surface area (Å²) in [7, 11) is 0. The van der Waals surface area contributed by atoms with Crippen molar-refractivity contribution >= 4 is 15.9 Å². The van der Waals surface area contributed by atoms with E-state index < -0.39 is 0 Å². The van der Waals surface area contributed by atoms with Crippen LogP contribution in [-0.4, -0.2) is 33.3 Å². The molecule has 1 unspecified atom stereocenters. The van der Waals surface area contributed by atoms with E-state index in [4.69, 9.17) is 5.73 Å². The van der Waals surface area contributed by atoms with Crippen LogP contribution in [0.2, 0.25) is 0 Å². The van der Waals surface area contributed by atoms with E-state index in [2.05, 4.69) is 60.5 Å². The first-order valence-electron chi connectivity index (χ1n) is 7.11. The zero-order valence-electron chi connectivity index (χ0n) is 12.8. The Labute approximate surface area is 125 Å². The predicted molar refractivity (Wildman–Crippen MR) is 84.1 cm³/mol. The minimum absolute atomic E-state index is 0.0733. The maximum absolute atomic E-state index is 6.57. The van der Waals surface area contributed by atoms with Crippen LogP contribution in [0.3, 0.4) is 0 Å². The molecule has 1 aromatic rings. The zero-order chi connectivity index (χ0) is 14.6. The van der Waals surface area contributed by atoms with Gasteiger partial charge in [0, 0.05) is 12.1 Å². The summed E-state index contributed by atoms with van der Waals surface area (Å²) in [5.74, 6) is 0. The second-order valence-electron chi connectivity index (χ2n) is 5.40. The molecule has 2 N–H and O–H groups in total. The van der Waals surface area contributed by atoms with Crippen LogP contribution in [0.5, 0.6) is 0 Å². The molecule has 0 aliphatic rings. The molecule has 0 aliphatic carbocycles. The fourth-order valence-corrected chi connectivity index (χ4v) is 3.18. The third kappa shape index (κ3) is 3.38. The Morgan fingerprint density at radius 3 is 2.42 bits per heavy atom. The van der Waals surface area contributed by atoms with E-state index in [1.54, 1.807) is 0 Å². The first kappa shape index (κ1) is 16.7. The number of hydrogen-bond donors (Lipinski definition) is 1. The molecule has 19 heavy (non-hydrogen) atoms. The number of rotatable bonds is 7. The van der Waals surface area contributed by atoms with Gasteiger partial charge >= 0.3 is 0 Å². The van der Waals surface area contributed by atoms with Gasteiger partial charge in [-0.1, -0.05) is 20.8 Å². The molecule has 0 saturated carbocycles. The lowest BCUT2D eigenvalue weighted by molar-refractivity contribution is 0.103. The van der Waals surface area contributed by atoms with Crippen molar-refractivity contribution in [1.29, 1.82) is 0 Å². The average Bonchev–Trinajstić information content (AvgIpc) is 2.71. The lowest BCUT2D eigenvalue weighted by Gasteiger charge is -2.42. The standard InChI is InChI=1S/C14H27BrN4/c1-6-9-19-12(11(15)10-17-19)13(16)14(4,5)18(7-2)8-3/h10,13H,6-9,16H2,1-5H3. The van der Waals surface area contributed by atoms with E-state index in [1.807, 2.05) is 10.9 Å². The van der Waals surface area contributed by atoms with Gasteiger partial charge in [0.1, 0.15) is 0 Å². The Morgan fingerprint density at radius 1 is 1.37 bits per heavy atom. The minimum atomic E-state index is -0.0997. The third-order valence-corrected chi connectivity index (χ3v) is 4.51. The van der Waals surface area contributed by atoms with Crippen molar-refractivity contribution in [2.24, 2.45) is 5.73 Å². The molecule has 0 saturated heterocycles. The number of aryl methyl sites for hydroxylation is 1. The summed E-state index contributed by atoms with van der Waals surface area (Å²) in [5.41, 5.74) is 7.57. The molecule has 1 atom stereocenters. The van der Waals surface area contributed by atoms with Gasteiger partial charge < -0.3 is 5.73 Å². The lowest BCUT2D eigenvalue weighted by Crippen LogP contribution is -2.51. The van der Waals surface area contributed by atoms with Crippen molar-refractivity contribution in [2.75, 3.05) is 13.1 Å². The smallest absolute Gasteiger partial charge is 0.0712 e. The molecule has 1 heterocycles. The summed E-state index contributed by atoms with van der Waals surface area (Å²) >= 11 is 3.59. The van der Waals surface area contributed by atoms with Crippen LogP contribution in [-0.2, 0) is 6.54 Å². The molecule has 0 spiro atoms. The van der Waals surface area contributed by atoms with Crippen molar-refractivity contribution in [1.82, 2.24) is 14.7 Å². The van der Waals surface area contributed by atoms with Crippen molar-refractivity contribution in [3.63, 3.8) is 0 Å². The van der Waals surface area contributed by atoms with E-state index in [1.165, 1.54) is 0 Å². The fourth-order valence-electron chi connectivity index (χ4n) is 2.64. The summed E-state index contributed by atoms with van der Waals surface area (Å²) in [6.07, 6.45) is 2.91. The number of nitrogens with two attached hydrogens (primary N) is 1. The molecule has 110 valence electrons. The summed E-state index contributed by atoms with van der Waals surface area (Å²) in [6.45, 7) is 13.8. The van der Waals surface area contributed by atoms with Crippen molar-refractivity contribution in [3.05, 3.63) is 16.4 Å². The quantitative estimate of drug-likeness (QED) is 0.835. The van der Waals surface area contributed by atoms with Gasteiger partial charge in [0.05, 0.1) is 22.4 Å². The van der Waals surface area contributed by atoms with E-state index in [0.717, 1.165) is 36.2 Å². The van der Waals surface area contributed by atoms with Crippen LogP contribution in [0.25, 0.3) is 0 Å². The molecular weight excluding hydrogens is 304 g/mol. The van der Waals surface area contributed by atoms with Crippen molar-refractivity contribution < 1.29 is 0 Å². The van der Waals surface area contributed by atoms with Crippen molar-refractivity contribution in [2.45, 2.75) is 59.2 Å². The van der Waals surface area contributed by atoms with Crippen LogP contribution in [0.15, 0.2) is 10.7 Å². The highest BCUT2D eigenvalue weighted by Crippen LogP contribution is 2.33. The molecule has 4 nitrogen and oxygen atoms in total. The first-order chi connectivity index (χ1) is 8.89. The van der Waals surface area contributed by atoms with Gasteiger partial charge in [0.25, 0.3) is 0 Å². The van der Waals surface area contributed by atoms with Gasteiger partial charge in [-0.15, -0.1) is 0 Å². The Bertz CT molecular complexity index is 396. The minimum Gasteiger partial charge on any atom is -0.321 e. The predicted octanol–water partition coefficient (Wildman–Crippen LogP) is 3.18. The summed E-state index contributed by atoms with van der Waals surface area (Å²) in [4.78, 5) is 2.40. The van der Waals surface area contributed by atoms with Gasteiger partial charge in [-0.05, 0) is 49.3 Å². The Hall–Kier alpha value is -0.390.